The molecule has 0 bridgehead atoms. The molecule has 6 heteroatoms. The van der Waals surface area contributed by atoms with E-state index in [1.807, 2.05) is 26.0 Å². The standard InChI is InChI=1S/C23H25FN2O3/c1-16-3-4-19(15-17(16)2)21(27)9-10-22(28)25-11-13-26(14-12-25)23(29)18-5-7-20(24)8-6-18/h3-8,15H,9-14H2,1-2H3. The minimum Gasteiger partial charge on any atom is -0.339 e. The van der Waals surface area contributed by atoms with Crippen molar-refractivity contribution < 1.29 is 18.8 Å². The average molecular weight is 396 g/mol. The lowest BCUT2D eigenvalue weighted by Crippen LogP contribution is -2.50. The average Bonchev–Trinajstić information content (AvgIpc) is 2.74. The van der Waals surface area contributed by atoms with Gasteiger partial charge < -0.3 is 9.80 Å². The summed E-state index contributed by atoms with van der Waals surface area (Å²) in [6.07, 6.45) is 0.341. The van der Waals surface area contributed by atoms with Gasteiger partial charge in [0.2, 0.25) is 5.91 Å². The Kier molecular flexibility index (Phi) is 6.42. The molecule has 1 heterocycles. The van der Waals surface area contributed by atoms with Crippen LogP contribution in [0.2, 0.25) is 0 Å². The van der Waals surface area contributed by atoms with E-state index in [0.29, 0.717) is 37.3 Å². The van der Waals surface area contributed by atoms with E-state index in [2.05, 4.69) is 0 Å². The molecule has 29 heavy (non-hydrogen) atoms. The summed E-state index contributed by atoms with van der Waals surface area (Å²) in [7, 11) is 0. The number of Topliss-reactive ketones (excluding diaryl/α,β-unsaturated/α-hetero) is 1. The molecule has 0 atom stereocenters. The van der Waals surface area contributed by atoms with Crippen molar-refractivity contribution in [2.24, 2.45) is 0 Å². The number of hydrogen-bond acceptors (Lipinski definition) is 3. The van der Waals surface area contributed by atoms with Gasteiger partial charge in [-0.25, -0.2) is 4.39 Å². The van der Waals surface area contributed by atoms with Crippen molar-refractivity contribution in [3.8, 4) is 0 Å². The molecule has 152 valence electrons. The zero-order chi connectivity index (χ0) is 21.0. The molecule has 2 amide bonds. The summed E-state index contributed by atoms with van der Waals surface area (Å²) in [5.74, 6) is -0.656. The van der Waals surface area contributed by atoms with Gasteiger partial charge in [0.1, 0.15) is 5.82 Å². The Labute approximate surface area is 170 Å². The van der Waals surface area contributed by atoms with Crippen LogP contribution in [0, 0.1) is 19.7 Å². The van der Waals surface area contributed by atoms with Crippen LogP contribution in [-0.2, 0) is 4.79 Å². The quantitative estimate of drug-likeness (QED) is 0.728. The number of amides is 2. The predicted molar refractivity (Wildman–Crippen MR) is 108 cm³/mol. The number of aryl methyl sites for hydroxylation is 2. The molecule has 0 radical (unpaired) electrons. The van der Waals surface area contributed by atoms with Gasteiger partial charge >= 0.3 is 0 Å². The molecular weight excluding hydrogens is 371 g/mol. The van der Waals surface area contributed by atoms with E-state index in [1.165, 1.54) is 24.3 Å². The second-order valence-corrected chi connectivity index (χ2v) is 7.40. The van der Waals surface area contributed by atoms with Crippen LogP contribution < -0.4 is 0 Å². The molecule has 2 aromatic rings. The molecular formula is C23H25FN2O3. The molecule has 0 spiro atoms. The molecule has 3 rings (SSSR count). The van der Waals surface area contributed by atoms with Crippen molar-refractivity contribution in [2.45, 2.75) is 26.7 Å². The first-order valence-electron chi connectivity index (χ1n) is 9.78. The monoisotopic (exact) mass is 396 g/mol. The summed E-state index contributed by atoms with van der Waals surface area (Å²) in [5.41, 5.74) is 3.26. The highest BCUT2D eigenvalue weighted by Crippen LogP contribution is 2.14. The fourth-order valence-electron chi connectivity index (χ4n) is 3.37. The minimum absolute atomic E-state index is 0.0356. The molecule has 0 aromatic heterocycles. The lowest BCUT2D eigenvalue weighted by molar-refractivity contribution is -0.132. The number of benzene rings is 2. The predicted octanol–water partition coefficient (Wildman–Crippen LogP) is 3.39. The molecule has 0 N–H and O–H groups in total. The summed E-state index contributed by atoms with van der Waals surface area (Å²) in [6.45, 7) is 5.67. The van der Waals surface area contributed by atoms with E-state index in [-0.39, 0.29) is 36.3 Å². The third-order valence-electron chi connectivity index (χ3n) is 5.41. The lowest BCUT2D eigenvalue weighted by atomic mass is 10.0. The smallest absolute Gasteiger partial charge is 0.253 e. The highest BCUT2D eigenvalue weighted by Gasteiger charge is 2.25. The van der Waals surface area contributed by atoms with Gasteiger partial charge in [-0.3, -0.25) is 14.4 Å². The van der Waals surface area contributed by atoms with Gasteiger partial charge in [-0.2, -0.15) is 0 Å². The maximum atomic E-state index is 13.0. The molecule has 1 fully saturated rings. The van der Waals surface area contributed by atoms with Gasteiger partial charge in [0.15, 0.2) is 5.78 Å². The number of carbonyl (C=O) groups is 3. The number of halogens is 1. The first-order valence-corrected chi connectivity index (χ1v) is 9.78. The van der Waals surface area contributed by atoms with E-state index in [9.17, 15) is 18.8 Å². The molecule has 0 aliphatic carbocycles. The van der Waals surface area contributed by atoms with Gasteiger partial charge in [-0.05, 0) is 55.3 Å². The lowest BCUT2D eigenvalue weighted by Gasteiger charge is -2.35. The van der Waals surface area contributed by atoms with Gasteiger partial charge in [0.25, 0.3) is 5.91 Å². The van der Waals surface area contributed by atoms with E-state index in [0.717, 1.165) is 11.1 Å². The van der Waals surface area contributed by atoms with Gasteiger partial charge in [-0.15, -0.1) is 0 Å². The fraction of sp³-hybridized carbons (Fsp3) is 0.348. The summed E-state index contributed by atoms with van der Waals surface area (Å²) in [4.78, 5) is 40.7. The maximum absolute atomic E-state index is 13.0. The van der Waals surface area contributed by atoms with Crippen LogP contribution in [0.25, 0.3) is 0 Å². The van der Waals surface area contributed by atoms with E-state index in [1.54, 1.807) is 15.9 Å². The summed E-state index contributed by atoms with van der Waals surface area (Å²) >= 11 is 0. The van der Waals surface area contributed by atoms with Gasteiger partial charge in [-0.1, -0.05) is 12.1 Å². The third kappa shape index (κ3) is 5.08. The third-order valence-corrected chi connectivity index (χ3v) is 5.41. The van der Waals surface area contributed by atoms with Crippen molar-refractivity contribution in [2.75, 3.05) is 26.2 Å². The minimum atomic E-state index is -0.382. The Balaban J connectivity index is 1.48. The topological polar surface area (TPSA) is 57.7 Å². The van der Waals surface area contributed by atoms with E-state index in [4.69, 9.17) is 0 Å². The van der Waals surface area contributed by atoms with Crippen LogP contribution in [0.1, 0.15) is 44.7 Å². The zero-order valence-electron chi connectivity index (χ0n) is 16.8. The largest absolute Gasteiger partial charge is 0.339 e. The number of carbonyl (C=O) groups excluding carboxylic acids is 3. The number of nitrogens with zero attached hydrogens (tertiary/aromatic N) is 2. The molecule has 2 aromatic carbocycles. The molecule has 1 aliphatic rings. The van der Waals surface area contributed by atoms with Crippen molar-refractivity contribution >= 4 is 17.6 Å². The number of ketones is 1. The molecule has 0 saturated carbocycles. The molecule has 1 saturated heterocycles. The van der Waals surface area contributed by atoms with E-state index < -0.39 is 0 Å². The molecule has 1 aliphatic heterocycles. The van der Waals surface area contributed by atoms with Crippen molar-refractivity contribution in [1.29, 1.82) is 0 Å². The number of rotatable bonds is 5. The SMILES string of the molecule is Cc1ccc(C(=O)CCC(=O)N2CCN(C(=O)c3ccc(F)cc3)CC2)cc1C. The van der Waals surface area contributed by atoms with Crippen LogP contribution in [0.4, 0.5) is 4.39 Å². The Bertz CT molecular complexity index is 916. The van der Waals surface area contributed by atoms with Crippen LogP contribution in [0.15, 0.2) is 42.5 Å². The Morgan fingerprint density at radius 2 is 1.38 bits per heavy atom. The summed E-state index contributed by atoms with van der Waals surface area (Å²) in [6, 6.07) is 11.0. The Morgan fingerprint density at radius 3 is 2.00 bits per heavy atom. The normalized spacial score (nSPS) is 14.0. The van der Waals surface area contributed by atoms with Crippen molar-refractivity contribution in [3.05, 3.63) is 70.5 Å². The highest BCUT2D eigenvalue weighted by molar-refractivity contribution is 5.98. The van der Waals surface area contributed by atoms with E-state index >= 15 is 0 Å². The van der Waals surface area contributed by atoms with Crippen molar-refractivity contribution in [3.63, 3.8) is 0 Å². The van der Waals surface area contributed by atoms with Gasteiger partial charge in [0.05, 0.1) is 0 Å². The second-order valence-electron chi connectivity index (χ2n) is 7.40. The van der Waals surface area contributed by atoms with Gasteiger partial charge in [0, 0.05) is 50.1 Å². The first-order chi connectivity index (χ1) is 13.8. The second kappa shape index (κ2) is 8.99. The Morgan fingerprint density at radius 1 is 0.793 bits per heavy atom. The fourth-order valence-corrected chi connectivity index (χ4v) is 3.37. The summed E-state index contributed by atoms with van der Waals surface area (Å²) in [5, 5.41) is 0. The van der Waals surface area contributed by atoms with Crippen LogP contribution in [0.3, 0.4) is 0 Å². The van der Waals surface area contributed by atoms with Crippen molar-refractivity contribution in [1.82, 2.24) is 9.80 Å². The van der Waals surface area contributed by atoms with Crippen LogP contribution in [0.5, 0.6) is 0 Å². The zero-order valence-corrected chi connectivity index (χ0v) is 16.8. The van der Waals surface area contributed by atoms with Crippen LogP contribution >= 0.6 is 0 Å². The molecule has 5 nitrogen and oxygen atoms in total. The number of hydrogen-bond donors (Lipinski definition) is 0. The first kappa shape index (κ1) is 20.7. The molecule has 0 unspecified atom stereocenters. The number of piperazine rings is 1. The summed E-state index contributed by atoms with van der Waals surface area (Å²) < 4.78 is 13.0. The van der Waals surface area contributed by atoms with Crippen LogP contribution in [-0.4, -0.2) is 53.6 Å². The highest BCUT2D eigenvalue weighted by atomic mass is 19.1. The Hall–Kier alpha value is -3.02. The maximum Gasteiger partial charge on any atom is 0.253 e.